The van der Waals surface area contributed by atoms with Crippen molar-refractivity contribution in [2.75, 3.05) is 7.11 Å². The molecule has 2 aromatic carbocycles. The molecule has 0 saturated heterocycles. The van der Waals surface area contributed by atoms with Crippen LogP contribution in [0.25, 0.3) is 0 Å². The molecule has 4 nitrogen and oxygen atoms in total. The van der Waals surface area contributed by atoms with Crippen LogP contribution in [0.5, 0.6) is 17.2 Å². The van der Waals surface area contributed by atoms with Crippen LogP contribution in [-0.4, -0.2) is 23.5 Å². The fourth-order valence-electron chi connectivity index (χ4n) is 2.06. The summed E-state index contributed by atoms with van der Waals surface area (Å²) in [6, 6.07) is 8.63. The standard InChI is InChI=1S/C18H20ClNO3/c1-18(2,3)12-8-13(19)17(22)14(9-12)20-10-11-6-5-7-15(23-4)16(11)21/h5-10,21-22H,1-4H3. The number of aliphatic imine (C=N–C) groups is 1. The zero-order chi connectivity index (χ0) is 17.2. The van der Waals surface area contributed by atoms with Gasteiger partial charge in [0.05, 0.1) is 12.1 Å². The zero-order valence-electron chi connectivity index (χ0n) is 13.6. The number of phenolic OH excluding ortho intramolecular Hbond substituents is 2. The van der Waals surface area contributed by atoms with Crippen molar-refractivity contribution in [2.45, 2.75) is 26.2 Å². The van der Waals surface area contributed by atoms with Gasteiger partial charge in [0, 0.05) is 11.8 Å². The molecule has 0 unspecified atom stereocenters. The van der Waals surface area contributed by atoms with Crippen LogP contribution in [0, 0.1) is 0 Å². The number of phenols is 2. The van der Waals surface area contributed by atoms with E-state index >= 15 is 0 Å². The summed E-state index contributed by atoms with van der Waals surface area (Å²) >= 11 is 6.09. The topological polar surface area (TPSA) is 62.0 Å². The van der Waals surface area contributed by atoms with E-state index in [1.54, 1.807) is 30.3 Å². The summed E-state index contributed by atoms with van der Waals surface area (Å²) in [6.07, 6.45) is 1.47. The van der Waals surface area contributed by atoms with E-state index in [1.165, 1.54) is 13.3 Å². The van der Waals surface area contributed by atoms with Crippen molar-refractivity contribution in [3.63, 3.8) is 0 Å². The first kappa shape index (κ1) is 17.2. The molecule has 23 heavy (non-hydrogen) atoms. The Hall–Kier alpha value is -2.20. The van der Waals surface area contributed by atoms with Crippen LogP contribution >= 0.6 is 11.6 Å². The predicted octanol–water partition coefficient (Wildman–Crippen LogP) is 4.81. The molecule has 0 fully saturated rings. The van der Waals surface area contributed by atoms with E-state index in [-0.39, 0.29) is 21.9 Å². The van der Waals surface area contributed by atoms with Gasteiger partial charge in [0.15, 0.2) is 17.2 Å². The molecule has 0 aliphatic rings. The number of nitrogens with zero attached hydrogens (tertiary/aromatic N) is 1. The summed E-state index contributed by atoms with van der Waals surface area (Å²) < 4.78 is 5.06. The Balaban J connectivity index is 2.46. The number of methoxy groups -OCH3 is 1. The normalized spacial score (nSPS) is 11.9. The molecule has 122 valence electrons. The second-order valence-electron chi connectivity index (χ2n) is 6.23. The summed E-state index contributed by atoms with van der Waals surface area (Å²) in [5.41, 5.74) is 1.67. The van der Waals surface area contributed by atoms with Gasteiger partial charge in [-0.05, 0) is 35.2 Å². The van der Waals surface area contributed by atoms with Crippen molar-refractivity contribution in [3.8, 4) is 17.2 Å². The number of hydrogen-bond donors (Lipinski definition) is 2. The van der Waals surface area contributed by atoms with Crippen molar-refractivity contribution in [1.29, 1.82) is 0 Å². The molecule has 5 heteroatoms. The lowest BCUT2D eigenvalue weighted by Gasteiger charge is -2.20. The third kappa shape index (κ3) is 3.77. The Morgan fingerprint density at radius 3 is 2.43 bits per heavy atom. The molecule has 2 aromatic rings. The largest absolute Gasteiger partial charge is 0.504 e. The van der Waals surface area contributed by atoms with Crippen LogP contribution in [0.1, 0.15) is 31.9 Å². The fraction of sp³-hybridized carbons (Fsp3) is 0.278. The summed E-state index contributed by atoms with van der Waals surface area (Å²) in [6.45, 7) is 6.16. The molecule has 0 aliphatic heterocycles. The third-order valence-corrected chi connectivity index (χ3v) is 3.79. The molecule has 0 bridgehead atoms. The van der Waals surface area contributed by atoms with Crippen molar-refractivity contribution < 1.29 is 14.9 Å². The average molecular weight is 334 g/mol. The van der Waals surface area contributed by atoms with Crippen LogP contribution in [-0.2, 0) is 5.41 Å². The minimum atomic E-state index is -0.125. The summed E-state index contributed by atoms with van der Waals surface area (Å²) in [5.74, 6) is 0.272. The molecule has 2 N–H and O–H groups in total. The van der Waals surface area contributed by atoms with Crippen LogP contribution in [0.4, 0.5) is 5.69 Å². The van der Waals surface area contributed by atoms with E-state index in [2.05, 4.69) is 25.8 Å². The Morgan fingerprint density at radius 2 is 1.83 bits per heavy atom. The van der Waals surface area contributed by atoms with Gasteiger partial charge in [0.25, 0.3) is 0 Å². The van der Waals surface area contributed by atoms with Gasteiger partial charge in [-0.25, -0.2) is 0 Å². The van der Waals surface area contributed by atoms with Crippen LogP contribution in [0.2, 0.25) is 5.02 Å². The number of halogens is 1. The molecule has 0 heterocycles. The Morgan fingerprint density at radius 1 is 1.13 bits per heavy atom. The van der Waals surface area contributed by atoms with E-state index in [4.69, 9.17) is 16.3 Å². The van der Waals surface area contributed by atoms with E-state index in [9.17, 15) is 10.2 Å². The van der Waals surface area contributed by atoms with Crippen molar-refractivity contribution in [2.24, 2.45) is 4.99 Å². The molecule has 0 spiro atoms. The molecular weight excluding hydrogens is 314 g/mol. The molecule has 0 aliphatic carbocycles. The first-order valence-electron chi connectivity index (χ1n) is 7.17. The molecule has 0 aromatic heterocycles. The van der Waals surface area contributed by atoms with Crippen molar-refractivity contribution in [3.05, 3.63) is 46.5 Å². The SMILES string of the molecule is COc1cccc(C=Nc2cc(C(C)(C)C)cc(Cl)c2O)c1O. The molecule has 0 amide bonds. The maximum atomic E-state index is 10.1. The fourth-order valence-corrected chi connectivity index (χ4v) is 2.28. The first-order chi connectivity index (χ1) is 10.7. The quantitative estimate of drug-likeness (QED) is 0.792. The van der Waals surface area contributed by atoms with E-state index < -0.39 is 0 Å². The van der Waals surface area contributed by atoms with E-state index in [0.717, 1.165) is 5.56 Å². The van der Waals surface area contributed by atoms with Gasteiger partial charge >= 0.3 is 0 Å². The summed E-state index contributed by atoms with van der Waals surface area (Å²) in [4.78, 5) is 4.27. The Labute approximate surface area is 141 Å². The number of rotatable bonds is 3. The number of benzene rings is 2. The molecule has 2 rings (SSSR count). The lowest BCUT2D eigenvalue weighted by molar-refractivity contribution is 0.373. The van der Waals surface area contributed by atoms with Gasteiger partial charge in [0.1, 0.15) is 5.69 Å². The highest BCUT2D eigenvalue weighted by Crippen LogP contribution is 2.39. The average Bonchev–Trinajstić information content (AvgIpc) is 2.48. The third-order valence-electron chi connectivity index (χ3n) is 3.50. The number of hydrogen-bond acceptors (Lipinski definition) is 4. The Kier molecular flexibility index (Phi) is 4.85. The minimum absolute atomic E-state index is 0.00341. The lowest BCUT2D eigenvalue weighted by Crippen LogP contribution is -2.10. The highest BCUT2D eigenvalue weighted by Gasteiger charge is 2.18. The molecule has 0 radical (unpaired) electrons. The second kappa shape index (κ2) is 6.50. The predicted molar refractivity (Wildman–Crippen MR) is 93.7 cm³/mol. The first-order valence-corrected chi connectivity index (χ1v) is 7.55. The van der Waals surface area contributed by atoms with Crippen molar-refractivity contribution in [1.82, 2.24) is 0 Å². The van der Waals surface area contributed by atoms with Gasteiger partial charge in [-0.3, -0.25) is 4.99 Å². The highest BCUT2D eigenvalue weighted by molar-refractivity contribution is 6.32. The van der Waals surface area contributed by atoms with Gasteiger partial charge in [-0.2, -0.15) is 0 Å². The number of aromatic hydroxyl groups is 2. The molecule has 0 saturated carbocycles. The molecule has 0 atom stereocenters. The van der Waals surface area contributed by atoms with Gasteiger partial charge in [0.2, 0.25) is 0 Å². The highest BCUT2D eigenvalue weighted by atomic mass is 35.5. The van der Waals surface area contributed by atoms with Gasteiger partial charge < -0.3 is 14.9 Å². The Bertz CT molecular complexity index is 749. The smallest absolute Gasteiger partial charge is 0.166 e. The minimum Gasteiger partial charge on any atom is -0.504 e. The number of ether oxygens (including phenoxy) is 1. The summed E-state index contributed by atoms with van der Waals surface area (Å²) in [5, 5.41) is 20.4. The van der Waals surface area contributed by atoms with Gasteiger partial charge in [-0.15, -0.1) is 0 Å². The van der Waals surface area contributed by atoms with Gasteiger partial charge in [-0.1, -0.05) is 38.4 Å². The molecular formula is C18H20ClNO3. The summed E-state index contributed by atoms with van der Waals surface area (Å²) in [7, 11) is 1.48. The van der Waals surface area contributed by atoms with Crippen LogP contribution in [0.15, 0.2) is 35.3 Å². The monoisotopic (exact) mass is 333 g/mol. The van der Waals surface area contributed by atoms with Crippen LogP contribution in [0.3, 0.4) is 0 Å². The van der Waals surface area contributed by atoms with E-state index in [1.807, 2.05) is 0 Å². The zero-order valence-corrected chi connectivity index (χ0v) is 14.3. The second-order valence-corrected chi connectivity index (χ2v) is 6.64. The number of para-hydroxylation sites is 1. The van der Waals surface area contributed by atoms with Crippen molar-refractivity contribution >= 4 is 23.5 Å². The maximum absolute atomic E-state index is 10.1. The maximum Gasteiger partial charge on any atom is 0.166 e. The van der Waals surface area contributed by atoms with Crippen LogP contribution < -0.4 is 4.74 Å². The van der Waals surface area contributed by atoms with E-state index in [0.29, 0.717) is 17.0 Å². The lowest BCUT2D eigenvalue weighted by atomic mass is 9.87.